The van der Waals surface area contributed by atoms with Crippen molar-refractivity contribution in [2.24, 2.45) is 0 Å². The molecule has 2 aliphatic rings. The van der Waals surface area contributed by atoms with Crippen LogP contribution in [0, 0.1) is 0 Å². The van der Waals surface area contributed by atoms with Gasteiger partial charge in [0.05, 0.1) is 0 Å². The third-order valence-corrected chi connectivity index (χ3v) is 12.8. The Morgan fingerprint density at radius 2 is 1.07 bits per heavy atom. The van der Waals surface area contributed by atoms with Gasteiger partial charge in [0.1, 0.15) is 0 Å². The molecule has 0 aliphatic heterocycles. The first-order valence-corrected chi connectivity index (χ1v) is 19.6. The molecule has 0 radical (unpaired) electrons. The largest absolute Gasteiger partial charge is 0.341 e. The summed E-state index contributed by atoms with van der Waals surface area (Å²) in [5.74, 6) is 0. The number of allylic oxidation sites excluding steroid dienone is 2. The molecule has 2 atom stereocenters. The Labute approximate surface area is 318 Å². The summed E-state index contributed by atoms with van der Waals surface area (Å²) in [7, 11) is 0. The van der Waals surface area contributed by atoms with Crippen LogP contribution in [0.1, 0.15) is 73.2 Å². The molecule has 0 amide bonds. The van der Waals surface area contributed by atoms with Gasteiger partial charge in [-0.3, -0.25) is 0 Å². The quantitative estimate of drug-likeness (QED) is 0.156. The van der Waals surface area contributed by atoms with Gasteiger partial charge in [0, 0.05) is 39.5 Å². The molecule has 0 bridgehead atoms. The number of benzene rings is 7. The molecule has 1 nitrogen and oxygen atoms in total. The Kier molecular flexibility index (Phi) is 7.46. The van der Waals surface area contributed by atoms with Crippen molar-refractivity contribution in [1.82, 2.24) is 4.57 Å². The lowest BCUT2D eigenvalue weighted by atomic mass is 9.74. The molecule has 8 aromatic rings. The van der Waals surface area contributed by atoms with Gasteiger partial charge < -0.3 is 4.57 Å². The summed E-state index contributed by atoms with van der Waals surface area (Å²) in [6.45, 7) is 10.3. The summed E-state index contributed by atoms with van der Waals surface area (Å²) in [6, 6.07) is 52.5. The number of aromatic nitrogens is 1. The first-order valence-electron chi connectivity index (χ1n) is 19.6. The maximum Gasteiger partial charge on any atom is 0.0494 e. The van der Waals surface area contributed by atoms with Crippen LogP contribution in [0.25, 0.3) is 66.9 Å². The van der Waals surface area contributed by atoms with E-state index in [0.29, 0.717) is 0 Å². The molecular weight excluding hydrogens is 651 g/mol. The number of hydrogen-bond acceptors (Lipinski definition) is 0. The molecule has 0 fully saturated rings. The summed E-state index contributed by atoms with van der Waals surface area (Å²) in [6.07, 6.45) is 11.3. The Bertz CT molecular complexity index is 2860. The van der Waals surface area contributed by atoms with Gasteiger partial charge >= 0.3 is 0 Å². The van der Waals surface area contributed by atoms with E-state index in [1.807, 2.05) is 0 Å². The maximum atomic E-state index is 2.51. The minimum Gasteiger partial charge on any atom is -0.341 e. The van der Waals surface area contributed by atoms with Gasteiger partial charge in [-0.15, -0.1) is 0 Å². The Balaban J connectivity index is 1.12. The van der Waals surface area contributed by atoms with Gasteiger partial charge in [-0.05, 0) is 135 Å². The van der Waals surface area contributed by atoms with Crippen LogP contribution in [0.3, 0.4) is 0 Å². The van der Waals surface area contributed by atoms with Crippen molar-refractivity contribution < 1.29 is 0 Å². The zero-order valence-electron chi connectivity index (χ0n) is 31.7. The molecule has 7 aromatic carbocycles. The van der Waals surface area contributed by atoms with Gasteiger partial charge in [0.2, 0.25) is 0 Å². The predicted octanol–water partition coefficient (Wildman–Crippen LogP) is 13.9. The molecule has 10 rings (SSSR count). The average molecular weight is 696 g/mol. The monoisotopic (exact) mass is 695 g/mol. The predicted molar refractivity (Wildman–Crippen MR) is 231 cm³/mol. The fourth-order valence-corrected chi connectivity index (χ4v) is 10.3. The summed E-state index contributed by atoms with van der Waals surface area (Å²) >= 11 is 0. The van der Waals surface area contributed by atoms with Crippen molar-refractivity contribution in [3.8, 4) is 22.3 Å². The fourth-order valence-electron chi connectivity index (χ4n) is 10.3. The van der Waals surface area contributed by atoms with Crippen LogP contribution in [-0.4, -0.2) is 4.57 Å². The van der Waals surface area contributed by atoms with Crippen LogP contribution >= 0.6 is 0 Å². The van der Waals surface area contributed by atoms with E-state index in [-0.39, 0.29) is 10.8 Å². The molecule has 262 valence electrons. The minimum absolute atomic E-state index is 0.132. The Morgan fingerprint density at radius 1 is 0.537 bits per heavy atom. The zero-order valence-corrected chi connectivity index (χ0v) is 31.7. The highest BCUT2D eigenvalue weighted by Crippen LogP contribution is 2.54. The van der Waals surface area contributed by atoms with E-state index in [1.54, 1.807) is 0 Å². The highest BCUT2D eigenvalue weighted by molar-refractivity contribution is 5.98. The lowest BCUT2D eigenvalue weighted by molar-refractivity contribution is 0.586. The van der Waals surface area contributed by atoms with Crippen LogP contribution in [0.2, 0.25) is 0 Å². The van der Waals surface area contributed by atoms with Crippen LogP contribution in [0.15, 0.2) is 152 Å². The van der Waals surface area contributed by atoms with Gasteiger partial charge in [0.25, 0.3) is 0 Å². The number of rotatable bonds is 7. The van der Waals surface area contributed by atoms with E-state index in [0.717, 1.165) is 19.4 Å². The molecule has 0 saturated carbocycles. The van der Waals surface area contributed by atoms with Crippen LogP contribution in [0.4, 0.5) is 0 Å². The molecular formula is C53H45N. The van der Waals surface area contributed by atoms with Crippen molar-refractivity contribution in [1.29, 1.82) is 0 Å². The number of fused-ring (bicyclic) bond motifs is 9. The summed E-state index contributed by atoms with van der Waals surface area (Å²) in [5, 5.41) is 6.59. The lowest BCUT2D eigenvalue weighted by Crippen LogP contribution is -2.24. The third kappa shape index (κ3) is 4.70. The molecule has 1 heterocycles. The molecule has 0 N–H and O–H groups in total. The molecule has 0 spiro atoms. The maximum absolute atomic E-state index is 2.51. The van der Waals surface area contributed by atoms with Gasteiger partial charge in [-0.2, -0.15) is 0 Å². The van der Waals surface area contributed by atoms with Crippen molar-refractivity contribution in [2.45, 2.75) is 57.9 Å². The second-order valence-electron chi connectivity index (χ2n) is 15.9. The number of nitrogens with zero attached hydrogens (tertiary/aromatic N) is 1. The average Bonchev–Trinajstić information content (AvgIpc) is 3.74. The van der Waals surface area contributed by atoms with Crippen LogP contribution < -0.4 is 0 Å². The summed E-state index contributed by atoms with van der Waals surface area (Å²) < 4.78 is 2.51. The standard InChI is InChI=1S/C53H45N/c1-5-17-49-42(25-16-29-52(3)45-26-13-11-23-40(45)43-30-35-18-7-9-20-37(35)32-47(43)52)51-39(22-15-28-50(51)54(49)6-2)34-53(4)46-27-14-12-24-41(46)44-31-36-19-8-10-21-38(36)33-48(44)53/h5,7-28,30-33H,6,29,34H2,1-4H3/b17-5-,25-16-/t52-,53+/m0/s1. The summed E-state index contributed by atoms with van der Waals surface area (Å²) in [5.41, 5.74) is 16.2. The number of hydrogen-bond donors (Lipinski definition) is 0. The van der Waals surface area contributed by atoms with E-state index < -0.39 is 0 Å². The highest BCUT2D eigenvalue weighted by atomic mass is 15.0. The second kappa shape index (κ2) is 12.3. The highest BCUT2D eigenvalue weighted by Gasteiger charge is 2.41. The van der Waals surface area contributed by atoms with Gasteiger partial charge in [-0.1, -0.05) is 141 Å². The molecule has 0 saturated heterocycles. The molecule has 0 unspecified atom stereocenters. The molecule has 1 heteroatoms. The van der Waals surface area contributed by atoms with Crippen molar-refractivity contribution in [2.75, 3.05) is 0 Å². The first kappa shape index (κ1) is 32.7. The Hall–Kier alpha value is -5.92. The van der Waals surface area contributed by atoms with Gasteiger partial charge in [0.15, 0.2) is 0 Å². The molecule has 2 aliphatic carbocycles. The smallest absolute Gasteiger partial charge is 0.0494 e. The fraction of sp³-hybridized carbons (Fsp3) is 0.170. The number of aryl methyl sites for hydroxylation is 1. The van der Waals surface area contributed by atoms with E-state index in [9.17, 15) is 0 Å². The van der Waals surface area contributed by atoms with E-state index in [4.69, 9.17) is 0 Å². The van der Waals surface area contributed by atoms with Crippen molar-refractivity contribution in [3.63, 3.8) is 0 Å². The van der Waals surface area contributed by atoms with Gasteiger partial charge in [-0.25, -0.2) is 0 Å². The van der Waals surface area contributed by atoms with E-state index >= 15 is 0 Å². The van der Waals surface area contributed by atoms with E-state index in [2.05, 4.69) is 196 Å². The zero-order chi connectivity index (χ0) is 36.6. The molecule has 54 heavy (non-hydrogen) atoms. The lowest BCUT2D eigenvalue weighted by Gasteiger charge is -2.28. The second-order valence-corrected chi connectivity index (χ2v) is 15.9. The first-order chi connectivity index (χ1) is 26.4. The van der Waals surface area contributed by atoms with Crippen LogP contribution in [-0.2, 0) is 23.8 Å². The van der Waals surface area contributed by atoms with Crippen LogP contribution in [0.5, 0.6) is 0 Å². The molecule has 1 aromatic heterocycles. The topological polar surface area (TPSA) is 4.93 Å². The summed E-state index contributed by atoms with van der Waals surface area (Å²) in [4.78, 5) is 0. The normalized spacial score (nSPS) is 18.6. The van der Waals surface area contributed by atoms with E-state index in [1.165, 1.54) is 93.8 Å². The minimum atomic E-state index is -0.173. The SMILES string of the molecule is C/C=C\c1c(/C=C\C[C@@]2(C)c3ccccc3-c3cc4ccccc4cc32)c2c(C[C@]3(C)c4ccccc4-c4cc5ccccc5cc43)cccc2n1CC. The third-order valence-electron chi connectivity index (χ3n) is 12.8. The van der Waals surface area contributed by atoms with Crippen molar-refractivity contribution in [3.05, 3.63) is 191 Å². The van der Waals surface area contributed by atoms with Crippen molar-refractivity contribution >= 4 is 44.6 Å². The Morgan fingerprint density at radius 3 is 1.67 bits per heavy atom.